The highest BCUT2D eigenvalue weighted by Crippen LogP contribution is 2.23. The molecule has 24 heavy (non-hydrogen) atoms. The van der Waals surface area contributed by atoms with E-state index in [1.807, 2.05) is 13.8 Å². The number of aromatic nitrogens is 3. The van der Waals surface area contributed by atoms with Crippen molar-refractivity contribution in [3.63, 3.8) is 0 Å². The lowest BCUT2D eigenvalue weighted by Gasteiger charge is -2.32. The predicted molar refractivity (Wildman–Crippen MR) is 86.0 cm³/mol. The van der Waals surface area contributed by atoms with E-state index in [1.54, 1.807) is 19.5 Å². The third kappa shape index (κ3) is 3.65. The minimum atomic E-state index is -0.112. The molecule has 1 fully saturated rings. The van der Waals surface area contributed by atoms with Gasteiger partial charge in [-0.2, -0.15) is 0 Å². The summed E-state index contributed by atoms with van der Waals surface area (Å²) in [6, 6.07) is 0.0600. The van der Waals surface area contributed by atoms with Crippen molar-refractivity contribution in [1.82, 2.24) is 15.1 Å². The SMILES string of the molecule is COc1nccnc1N[C@@H]1CCOC[C@H]1OCc1c(C)noc1C. The second-order valence-electron chi connectivity index (χ2n) is 5.68. The zero-order valence-electron chi connectivity index (χ0n) is 14.1. The summed E-state index contributed by atoms with van der Waals surface area (Å²) < 4.78 is 22.1. The van der Waals surface area contributed by atoms with Gasteiger partial charge in [-0.25, -0.2) is 9.97 Å². The average molecular weight is 334 g/mol. The van der Waals surface area contributed by atoms with Gasteiger partial charge in [0.2, 0.25) is 0 Å². The molecule has 8 nitrogen and oxygen atoms in total. The summed E-state index contributed by atoms with van der Waals surface area (Å²) in [4.78, 5) is 8.45. The van der Waals surface area contributed by atoms with Crippen LogP contribution >= 0.6 is 0 Å². The van der Waals surface area contributed by atoms with Gasteiger partial charge in [-0.1, -0.05) is 5.16 Å². The van der Waals surface area contributed by atoms with Crippen LogP contribution in [0.3, 0.4) is 0 Å². The van der Waals surface area contributed by atoms with Crippen molar-refractivity contribution in [3.8, 4) is 5.88 Å². The molecular formula is C16H22N4O4. The molecular weight excluding hydrogens is 312 g/mol. The van der Waals surface area contributed by atoms with Crippen LogP contribution in [0.15, 0.2) is 16.9 Å². The fourth-order valence-electron chi connectivity index (χ4n) is 2.69. The summed E-state index contributed by atoms with van der Waals surface area (Å²) in [5.41, 5.74) is 1.83. The predicted octanol–water partition coefficient (Wildman–Crippen LogP) is 1.88. The Bertz CT molecular complexity index is 656. The van der Waals surface area contributed by atoms with Crippen LogP contribution in [-0.4, -0.2) is 47.6 Å². The molecule has 0 aliphatic carbocycles. The monoisotopic (exact) mass is 334 g/mol. The van der Waals surface area contributed by atoms with E-state index in [-0.39, 0.29) is 12.1 Å². The van der Waals surface area contributed by atoms with Crippen LogP contribution < -0.4 is 10.1 Å². The number of nitrogens with zero attached hydrogens (tertiary/aromatic N) is 3. The Morgan fingerprint density at radius 3 is 2.88 bits per heavy atom. The second kappa shape index (κ2) is 7.59. The fourth-order valence-corrected chi connectivity index (χ4v) is 2.69. The molecule has 0 aromatic carbocycles. The largest absolute Gasteiger partial charge is 0.478 e. The molecule has 0 amide bonds. The van der Waals surface area contributed by atoms with E-state index >= 15 is 0 Å². The van der Waals surface area contributed by atoms with Gasteiger partial charge in [0.1, 0.15) is 11.9 Å². The summed E-state index contributed by atoms with van der Waals surface area (Å²) >= 11 is 0. The van der Waals surface area contributed by atoms with Gasteiger partial charge in [0, 0.05) is 24.6 Å². The summed E-state index contributed by atoms with van der Waals surface area (Å²) in [6.45, 7) is 5.42. The number of methoxy groups -OCH3 is 1. The highest BCUT2D eigenvalue weighted by molar-refractivity contribution is 5.45. The Labute approximate surface area is 140 Å². The van der Waals surface area contributed by atoms with E-state index in [0.29, 0.717) is 31.5 Å². The number of aryl methyl sites for hydroxylation is 2. The van der Waals surface area contributed by atoms with Crippen LogP contribution in [0.4, 0.5) is 5.82 Å². The maximum absolute atomic E-state index is 6.07. The lowest BCUT2D eigenvalue weighted by Crippen LogP contribution is -2.44. The van der Waals surface area contributed by atoms with Gasteiger partial charge in [0.05, 0.1) is 32.1 Å². The second-order valence-corrected chi connectivity index (χ2v) is 5.68. The van der Waals surface area contributed by atoms with Gasteiger partial charge in [-0.3, -0.25) is 0 Å². The van der Waals surface area contributed by atoms with Crippen LogP contribution in [0, 0.1) is 13.8 Å². The zero-order chi connectivity index (χ0) is 16.9. The Morgan fingerprint density at radius 2 is 2.12 bits per heavy atom. The number of hydrogen-bond donors (Lipinski definition) is 1. The van der Waals surface area contributed by atoms with Crippen LogP contribution in [0.25, 0.3) is 0 Å². The molecule has 0 bridgehead atoms. The third-order valence-electron chi connectivity index (χ3n) is 4.11. The molecule has 1 aliphatic rings. The van der Waals surface area contributed by atoms with Gasteiger partial charge in [0.15, 0.2) is 5.82 Å². The van der Waals surface area contributed by atoms with Crippen LogP contribution in [0.5, 0.6) is 5.88 Å². The fraction of sp³-hybridized carbons (Fsp3) is 0.562. The van der Waals surface area contributed by atoms with Gasteiger partial charge in [0.25, 0.3) is 5.88 Å². The van der Waals surface area contributed by atoms with Crippen molar-refractivity contribution in [2.24, 2.45) is 0 Å². The maximum atomic E-state index is 6.07. The lowest BCUT2D eigenvalue weighted by atomic mass is 10.1. The van der Waals surface area contributed by atoms with Crippen LogP contribution in [0.2, 0.25) is 0 Å². The lowest BCUT2D eigenvalue weighted by molar-refractivity contribution is -0.0641. The Balaban J connectivity index is 1.67. The number of hydrogen-bond acceptors (Lipinski definition) is 8. The quantitative estimate of drug-likeness (QED) is 0.856. The first-order valence-corrected chi connectivity index (χ1v) is 7.91. The molecule has 0 spiro atoms. The number of nitrogens with one attached hydrogen (secondary N) is 1. The number of anilines is 1. The molecule has 8 heteroatoms. The Kier molecular flexibility index (Phi) is 5.27. The summed E-state index contributed by atoms with van der Waals surface area (Å²) in [5, 5.41) is 7.32. The maximum Gasteiger partial charge on any atom is 0.257 e. The van der Waals surface area contributed by atoms with Crippen molar-refractivity contribution >= 4 is 5.82 Å². The van der Waals surface area contributed by atoms with Crippen molar-refractivity contribution in [2.45, 2.75) is 39.0 Å². The van der Waals surface area contributed by atoms with Crippen molar-refractivity contribution in [1.29, 1.82) is 0 Å². The van der Waals surface area contributed by atoms with Gasteiger partial charge >= 0.3 is 0 Å². The number of rotatable bonds is 6. The van der Waals surface area contributed by atoms with Gasteiger partial charge < -0.3 is 24.1 Å². The summed E-state index contributed by atoms with van der Waals surface area (Å²) in [5.74, 6) is 1.86. The molecule has 1 saturated heterocycles. The van der Waals surface area contributed by atoms with Crippen LogP contribution in [-0.2, 0) is 16.1 Å². The smallest absolute Gasteiger partial charge is 0.257 e. The van der Waals surface area contributed by atoms with Crippen molar-refractivity contribution in [3.05, 3.63) is 29.4 Å². The normalized spacial score (nSPS) is 20.8. The van der Waals surface area contributed by atoms with E-state index in [9.17, 15) is 0 Å². The molecule has 0 saturated carbocycles. The van der Waals surface area contributed by atoms with Crippen LogP contribution in [0.1, 0.15) is 23.4 Å². The van der Waals surface area contributed by atoms with Gasteiger partial charge in [-0.05, 0) is 20.3 Å². The van der Waals surface area contributed by atoms with Gasteiger partial charge in [-0.15, -0.1) is 0 Å². The van der Waals surface area contributed by atoms with E-state index in [0.717, 1.165) is 23.4 Å². The Hall–Kier alpha value is -2.19. The summed E-state index contributed by atoms with van der Waals surface area (Å²) in [7, 11) is 1.57. The van der Waals surface area contributed by atoms with Crippen molar-refractivity contribution < 1.29 is 18.7 Å². The summed E-state index contributed by atoms with van der Waals surface area (Å²) in [6.07, 6.45) is 3.93. The number of ether oxygens (including phenoxy) is 3. The van der Waals surface area contributed by atoms with E-state index in [2.05, 4.69) is 20.4 Å². The minimum absolute atomic E-state index is 0.0600. The Morgan fingerprint density at radius 1 is 1.29 bits per heavy atom. The standard InChI is InChI=1S/C16H22N4O4/c1-10-12(11(2)24-20-10)8-23-14-9-22-7-4-13(14)19-15-16(21-3)18-6-5-17-15/h5-6,13-14H,4,7-9H2,1-3H3,(H,17,19)/t13-,14-/m1/s1. The van der Waals surface area contributed by atoms with E-state index < -0.39 is 0 Å². The first-order valence-electron chi connectivity index (χ1n) is 7.91. The molecule has 2 atom stereocenters. The molecule has 1 aliphatic heterocycles. The third-order valence-corrected chi connectivity index (χ3v) is 4.11. The average Bonchev–Trinajstić information content (AvgIpc) is 2.93. The molecule has 2 aromatic rings. The van der Waals surface area contributed by atoms with E-state index in [4.69, 9.17) is 18.7 Å². The zero-order valence-corrected chi connectivity index (χ0v) is 14.1. The first-order chi connectivity index (χ1) is 11.7. The highest BCUT2D eigenvalue weighted by atomic mass is 16.5. The molecule has 130 valence electrons. The topological polar surface area (TPSA) is 91.5 Å². The minimum Gasteiger partial charge on any atom is -0.478 e. The first kappa shape index (κ1) is 16.7. The van der Waals surface area contributed by atoms with E-state index in [1.165, 1.54) is 0 Å². The van der Waals surface area contributed by atoms with Crippen molar-refractivity contribution in [2.75, 3.05) is 25.6 Å². The highest BCUT2D eigenvalue weighted by Gasteiger charge is 2.28. The molecule has 0 unspecified atom stereocenters. The molecule has 0 radical (unpaired) electrons. The molecule has 1 N–H and O–H groups in total. The molecule has 3 rings (SSSR count). The molecule has 2 aromatic heterocycles. The molecule has 3 heterocycles.